The Hall–Kier alpha value is -2.07. The summed E-state index contributed by atoms with van der Waals surface area (Å²) in [5.74, 6) is 0.424. The van der Waals surface area contributed by atoms with E-state index in [0.29, 0.717) is 22.4 Å². The molecule has 0 aliphatic heterocycles. The maximum atomic E-state index is 9.77. The molecule has 88 valence electrons. The van der Waals surface area contributed by atoms with E-state index in [9.17, 15) is 10.2 Å². The van der Waals surface area contributed by atoms with Crippen LogP contribution in [0.25, 0.3) is 0 Å². The van der Waals surface area contributed by atoms with Crippen LogP contribution in [0.15, 0.2) is 46.0 Å². The lowest BCUT2D eigenvalue weighted by Gasteiger charge is -2.02. The van der Waals surface area contributed by atoms with Gasteiger partial charge in [0.15, 0.2) is 5.75 Å². The summed E-state index contributed by atoms with van der Waals surface area (Å²) in [6, 6.07) is 8.81. The third-order valence-corrected chi connectivity index (χ3v) is 2.45. The highest BCUT2D eigenvalue weighted by Gasteiger charge is 2.02. The van der Waals surface area contributed by atoms with Gasteiger partial charge in [-0.2, -0.15) is 0 Å². The number of aliphatic hydroxyl groups is 1. The van der Waals surface area contributed by atoms with Crippen molar-refractivity contribution in [2.24, 2.45) is 4.99 Å². The monoisotopic (exact) mass is 231 g/mol. The number of aliphatic hydroxyl groups excluding tert-OH is 1. The van der Waals surface area contributed by atoms with E-state index in [4.69, 9.17) is 4.42 Å². The van der Waals surface area contributed by atoms with Crippen molar-refractivity contribution in [2.75, 3.05) is 0 Å². The van der Waals surface area contributed by atoms with Crippen LogP contribution in [0.2, 0.25) is 0 Å². The number of hydrogen-bond acceptors (Lipinski definition) is 4. The second kappa shape index (κ2) is 4.84. The molecule has 0 saturated heterocycles. The van der Waals surface area contributed by atoms with Crippen LogP contribution in [0, 0.1) is 6.92 Å². The molecule has 0 amide bonds. The topological polar surface area (TPSA) is 66.0 Å². The summed E-state index contributed by atoms with van der Waals surface area (Å²) < 4.78 is 5.03. The van der Waals surface area contributed by atoms with Gasteiger partial charge in [0, 0.05) is 11.6 Å². The molecule has 0 fully saturated rings. The highest BCUT2D eigenvalue weighted by atomic mass is 16.3. The highest BCUT2D eigenvalue weighted by Crippen LogP contribution is 2.18. The quantitative estimate of drug-likeness (QED) is 0.831. The zero-order valence-electron chi connectivity index (χ0n) is 9.42. The second-order valence-electron chi connectivity index (χ2n) is 3.61. The molecule has 1 aromatic carbocycles. The molecule has 0 saturated carbocycles. The van der Waals surface area contributed by atoms with E-state index in [1.54, 1.807) is 25.1 Å². The van der Waals surface area contributed by atoms with Crippen molar-refractivity contribution < 1.29 is 14.6 Å². The number of aromatic hydroxyl groups is 1. The number of rotatable bonds is 2. The third kappa shape index (κ3) is 2.37. The zero-order chi connectivity index (χ0) is 12.3. The van der Waals surface area contributed by atoms with Crippen LogP contribution in [0.3, 0.4) is 0 Å². The van der Waals surface area contributed by atoms with E-state index in [1.807, 2.05) is 12.1 Å². The smallest absolute Gasteiger partial charge is 0.180 e. The molecule has 0 bridgehead atoms. The number of hydrogen-bond donors (Lipinski definition) is 2. The van der Waals surface area contributed by atoms with E-state index in [-0.39, 0.29) is 12.4 Å². The largest absolute Gasteiger partial charge is 0.503 e. The summed E-state index contributed by atoms with van der Waals surface area (Å²) in [4.78, 5) is 4.30. The molecule has 2 rings (SSSR count). The van der Waals surface area contributed by atoms with E-state index in [2.05, 4.69) is 4.99 Å². The van der Waals surface area contributed by atoms with E-state index >= 15 is 0 Å². The SMILES string of the molecule is Cc1occc(=Nc2ccccc2CO)c1O. The first-order valence-electron chi connectivity index (χ1n) is 5.23. The molecule has 0 atom stereocenters. The Bertz CT molecular complexity index is 587. The van der Waals surface area contributed by atoms with Crippen LogP contribution < -0.4 is 5.36 Å². The van der Waals surface area contributed by atoms with Crippen molar-refractivity contribution in [3.63, 3.8) is 0 Å². The molecule has 2 N–H and O–H groups in total. The normalized spacial score (nSPS) is 11.8. The average Bonchev–Trinajstić information content (AvgIpc) is 2.35. The number of nitrogens with zero attached hydrogens (tertiary/aromatic N) is 1. The predicted octanol–water partition coefficient (Wildman–Crippen LogP) is 2.02. The van der Waals surface area contributed by atoms with E-state index in [1.165, 1.54) is 6.26 Å². The minimum Gasteiger partial charge on any atom is -0.503 e. The van der Waals surface area contributed by atoms with Gasteiger partial charge in [0.05, 0.1) is 18.6 Å². The van der Waals surface area contributed by atoms with Crippen molar-refractivity contribution in [3.05, 3.63) is 53.3 Å². The van der Waals surface area contributed by atoms with Gasteiger partial charge >= 0.3 is 0 Å². The summed E-state index contributed by atoms with van der Waals surface area (Å²) in [5, 5.41) is 19.4. The molecular weight excluding hydrogens is 218 g/mol. The summed E-state index contributed by atoms with van der Waals surface area (Å²) in [6.45, 7) is 1.57. The summed E-state index contributed by atoms with van der Waals surface area (Å²) in [5.41, 5.74) is 1.35. The highest BCUT2D eigenvalue weighted by molar-refractivity contribution is 5.46. The molecular formula is C13H13NO3. The number of aryl methyl sites for hydroxylation is 1. The zero-order valence-corrected chi connectivity index (χ0v) is 9.42. The van der Waals surface area contributed by atoms with Gasteiger partial charge in [0.25, 0.3) is 0 Å². The molecule has 0 aliphatic rings. The minimum absolute atomic E-state index is 0.0141. The summed E-state index contributed by atoms with van der Waals surface area (Å²) >= 11 is 0. The van der Waals surface area contributed by atoms with Crippen molar-refractivity contribution in [3.8, 4) is 5.75 Å². The maximum Gasteiger partial charge on any atom is 0.180 e. The van der Waals surface area contributed by atoms with E-state index in [0.717, 1.165) is 0 Å². The van der Waals surface area contributed by atoms with Crippen LogP contribution in [-0.4, -0.2) is 10.2 Å². The Labute approximate surface area is 98.5 Å². The van der Waals surface area contributed by atoms with Crippen LogP contribution in [0.1, 0.15) is 11.3 Å². The Morgan fingerprint density at radius 1 is 1.24 bits per heavy atom. The van der Waals surface area contributed by atoms with Gasteiger partial charge in [-0.25, -0.2) is 4.99 Å². The lowest BCUT2D eigenvalue weighted by molar-refractivity contribution is 0.282. The standard InChI is InChI=1S/C13H13NO3/c1-9-13(16)12(6-7-17-9)14-11-5-3-2-4-10(11)8-15/h2-7,15-16H,8H2,1H3. The Kier molecular flexibility index (Phi) is 3.25. The Balaban J connectivity index is 2.59. The molecule has 17 heavy (non-hydrogen) atoms. The van der Waals surface area contributed by atoms with Gasteiger partial charge in [0.2, 0.25) is 0 Å². The third-order valence-electron chi connectivity index (χ3n) is 2.45. The predicted molar refractivity (Wildman–Crippen MR) is 62.7 cm³/mol. The van der Waals surface area contributed by atoms with Crippen molar-refractivity contribution >= 4 is 5.69 Å². The summed E-state index contributed by atoms with van der Waals surface area (Å²) in [6.07, 6.45) is 1.47. The first-order chi connectivity index (χ1) is 8.22. The fourth-order valence-electron chi connectivity index (χ4n) is 1.49. The van der Waals surface area contributed by atoms with Crippen molar-refractivity contribution in [1.29, 1.82) is 0 Å². The lowest BCUT2D eigenvalue weighted by Crippen LogP contribution is -2.02. The molecule has 1 aromatic heterocycles. The van der Waals surface area contributed by atoms with Crippen molar-refractivity contribution in [2.45, 2.75) is 13.5 Å². The number of para-hydroxylation sites is 1. The van der Waals surface area contributed by atoms with Crippen LogP contribution in [-0.2, 0) is 6.61 Å². The molecule has 0 spiro atoms. The fraction of sp³-hybridized carbons (Fsp3) is 0.154. The molecule has 4 heteroatoms. The maximum absolute atomic E-state index is 9.77. The minimum atomic E-state index is -0.0867. The van der Waals surface area contributed by atoms with Gasteiger partial charge in [-0.3, -0.25) is 0 Å². The second-order valence-corrected chi connectivity index (χ2v) is 3.61. The van der Waals surface area contributed by atoms with Gasteiger partial charge < -0.3 is 14.6 Å². The first kappa shape index (κ1) is 11.4. The number of benzene rings is 1. The van der Waals surface area contributed by atoms with Gasteiger partial charge in [-0.15, -0.1) is 0 Å². The van der Waals surface area contributed by atoms with Crippen LogP contribution in [0.4, 0.5) is 5.69 Å². The van der Waals surface area contributed by atoms with Crippen LogP contribution >= 0.6 is 0 Å². The average molecular weight is 231 g/mol. The van der Waals surface area contributed by atoms with Gasteiger partial charge in [-0.05, 0) is 13.0 Å². The van der Waals surface area contributed by atoms with E-state index < -0.39 is 0 Å². The fourth-order valence-corrected chi connectivity index (χ4v) is 1.49. The molecule has 1 heterocycles. The Morgan fingerprint density at radius 3 is 2.76 bits per heavy atom. The summed E-state index contributed by atoms with van der Waals surface area (Å²) in [7, 11) is 0. The molecule has 0 unspecified atom stereocenters. The Morgan fingerprint density at radius 2 is 2.00 bits per heavy atom. The van der Waals surface area contributed by atoms with Crippen molar-refractivity contribution in [1.82, 2.24) is 0 Å². The molecule has 2 aromatic rings. The first-order valence-corrected chi connectivity index (χ1v) is 5.23. The van der Waals surface area contributed by atoms with Gasteiger partial charge in [-0.1, -0.05) is 18.2 Å². The lowest BCUT2D eigenvalue weighted by atomic mass is 10.2. The van der Waals surface area contributed by atoms with Gasteiger partial charge in [0.1, 0.15) is 11.1 Å². The molecule has 0 radical (unpaired) electrons. The molecule has 4 nitrogen and oxygen atoms in total. The molecule has 0 aliphatic carbocycles. The van der Waals surface area contributed by atoms with Crippen LogP contribution in [0.5, 0.6) is 5.75 Å².